The van der Waals surface area contributed by atoms with Crippen molar-refractivity contribution >= 4 is 32.9 Å². The number of hydrogen-bond acceptors (Lipinski definition) is 6. The lowest BCUT2D eigenvalue weighted by molar-refractivity contribution is 0.411. The molecule has 0 saturated carbocycles. The van der Waals surface area contributed by atoms with E-state index in [9.17, 15) is 15.0 Å². The maximum absolute atomic E-state index is 12.3. The van der Waals surface area contributed by atoms with Gasteiger partial charge in [0.05, 0.1) is 7.11 Å². The van der Waals surface area contributed by atoms with Gasteiger partial charge in [-0.05, 0) is 12.1 Å². The van der Waals surface area contributed by atoms with E-state index in [0.717, 1.165) is 0 Å². The summed E-state index contributed by atoms with van der Waals surface area (Å²) in [5.41, 5.74) is 0.242. The van der Waals surface area contributed by atoms with Crippen LogP contribution in [0.5, 0.6) is 17.2 Å². The molecule has 2 aromatic heterocycles. The lowest BCUT2D eigenvalue weighted by Gasteiger charge is -2.05. The van der Waals surface area contributed by atoms with Crippen LogP contribution in [0.3, 0.4) is 0 Å². The van der Waals surface area contributed by atoms with Gasteiger partial charge in [0.1, 0.15) is 39.2 Å². The van der Waals surface area contributed by atoms with E-state index < -0.39 is 5.63 Å². The molecule has 4 rings (SSSR count). The van der Waals surface area contributed by atoms with E-state index in [-0.39, 0.29) is 22.5 Å². The molecule has 0 aliphatic carbocycles. The summed E-state index contributed by atoms with van der Waals surface area (Å²) in [6.45, 7) is 0. The molecule has 0 aliphatic heterocycles. The van der Waals surface area contributed by atoms with Gasteiger partial charge in [-0.1, -0.05) is 0 Å². The van der Waals surface area contributed by atoms with Crippen molar-refractivity contribution in [2.45, 2.75) is 0 Å². The maximum Gasteiger partial charge on any atom is 0.348 e. The van der Waals surface area contributed by atoms with Crippen LogP contribution in [0.1, 0.15) is 0 Å². The minimum absolute atomic E-state index is 0.0323. The molecule has 0 amide bonds. The zero-order valence-corrected chi connectivity index (χ0v) is 11.4. The van der Waals surface area contributed by atoms with Crippen molar-refractivity contribution in [2.75, 3.05) is 7.11 Å². The van der Waals surface area contributed by atoms with Crippen molar-refractivity contribution in [2.24, 2.45) is 0 Å². The zero-order chi connectivity index (χ0) is 15.4. The quantitative estimate of drug-likeness (QED) is 0.524. The summed E-state index contributed by atoms with van der Waals surface area (Å²) >= 11 is 0. The Bertz CT molecular complexity index is 1100. The first-order chi connectivity index (χ1) is 10.6. The molecule has 0 fully saturated rings. The molecule has 0 unspecified atom stereocenters. The molecule has 0 saturated heterocycles. The predicted octanol–water partition coefficient (Wildman–Crippen LogP) is 3.11. The van der Waals surface area contributed by atoms with Crippen molar-refractivity contribution in [1.82, 2.24) is 0 Å². The van der Waals surface area contributed by atoms with Gasteiger partial charge in [0, 0.05) is 23.6 Å². The van der Waals surface area contributed by atoms with Crippen LogP contribution in [0.4, 0.5) is 0 Å². The van der Waals surface area contributed by atoms with Gasteiger partial charge in [-0.15, -0.1) is 0 Å². The molecule has 0 bridgehead atoms. The Kier molecular flexibility index (Phi) is 2.39. The van der Waals surface area contributed by atoms with Crippen molar-refractivity contribution in [3.8, 4) is 17.2 Å². The highest BCUT2D eigenvalue weighted by Crippen LogP contribution is 2.38. The first-order valence-corrected chi connectivity index (χ1v) is 6.47. The van der Waals surface area contributed by atoms with E-state index in [0.29, 0.717) is 27.7 Å². The third-order valence-electron chi connectivity index (χ3n) is 3.58. The minimum Gasteiger partial charge on any atom is -0.508 e. The van der Waals surface area contributed by atoms with Gasteiger partial charge in [0.2, 0.25) is 0 Å². The lowest BCUT2D eigenvalue weighted by Crippen LogP contribution is -1.99. The van der Waals surface area contributed by atoms with Crippen molar-refractivity contribution < 1.29 is 23.8 Å². The summed E-state index contributed by atoms with van der Waals surface area (Å²) in [6.07, 6.45) is 0. The number of rotatable bonds is 1. The molecule has 22 heavy (non-hydrogen) atoms. The molecular formula is C16H10O6. The molecule has 110 valence electrons. The van der Waals surface area contributed by atoms with Crippen LogP contribution < -0.4 is 10.4 Å². The second-order valence-electron chi connectivity index (χ2n) is 4.90. The van der Waals surface area contributed by atoms with Crippen molar-refractivity contribution in [3.05, 3.63) is 40.8 Å². The second-order valence-corrected chi connectivity index (χ2v) is 4.90. The van der Waals surface area contributed by atoms with Crippen molar-refractivity contribution in [3.63, 3.8) is 0 Å². The zero-order valence-electron chi connectivity index (χ0n) is 11.4. The van der Waals surface area contributed by atoms with Gasteiger partial charge in [0.15, 0.2) is 5.58 Å². The topological polar surface area (TPSA) is 93.0 Å². The Hall–Kier alpha value is -3.15. The third-order valence-corrected chi connectivity index (χ3v) is 3.58. The Morgan fingerprint density at radius 2 is 1.73 bits per heavy atom. The average molecular weight is 298 g/mol. The number of aromatic hydroxyl groups is 2. The summed E-state index contributed by atoms with van der Waals surface area (Å²) in [6, 6.07) is 7.21. The van der Waals surface area contributed by atoms with E-state index in [4.69, 9.17) is 13.6 Å². The van der Waals surface area contributed by atoms with Crippen LogP contribution in [0, 0.1) is 0 Å². The summed E-state index contributed by atoms with van der Waals surface area (Å²) in [4.78, 5) is 12.3. The van der Waals surface area contributed by atoms with Gasteiger partial charge < -0.3 is 23.8 Å². The molecule has 0 atom stereocenters. The number of methoxy groups -OCH3 is 1. The molecular weight excluding hydrogens is 288 g/mol. The highest BCUT2D eigenvalue weighted by Gasteiger charge is 2.19. The van der Waals surface area contributed by atoms with Crippen LogP contribution in [0.15, 0.2) is 44.0 Å². The second kappa shape index (κ2) is 4.17. The van der Waals surface area contributed by atoms with Crippen LogP contribution in [-0.2, 0) is 0 Å². The molecule has 2 heterocycles. The summed E-state index contributed by atoms with van der Waals surface area (Å²) in [7, 11) is 1.44. The highest BCUT2D eigenvalue weighted by molar-refractivity contribution is 6.14. The molecule has 0 aliphatic rings. The Morgan fingerprint density at radius 1 is 0.955 bits per heavy atom. The first kappa shape index (κ1) is 12.6. The Morgan fingerprint density at radius 3 is 2.50 bits per heavy atom. The van der Waals surface area contributed by atoms with Crippen LogP contribution in [0.2, 0.25) is 0 Å². The van der Waals surface area contributed by atoms with E-state index in [1.807, 2.05) is 0 Å². The molecule has 6 heteroatoms. The minimum atomic E-state index is -0.584. The number of phenolic OH excluding ortho intramolecular Hbond substituents is 2. The largest absolute Gasteiger partial charge is 0.508 e. The van der Waals surface area contributed by atoms with Gasteiger partial charge in [0.25, 0.3) is 0 Å². The fourth-order valence-electron chi connectivity index (χ4n) is 2.66. The van der Waals surface area contributed by atoms with Gasteiger partial charge in [-0.3, -0.25) is 0 Å². The number of fused-ring (bicyclic) bond motifs is 5. The molecule has 6 nitrogen and oxygen atoms in total. The van der Waals surface area contributed by atoms with E-state index in [1.54, 1.807) is 6.07 Å². The number of furan rings is 1. The lowest BCUT2D eigenvalue weighted by atomic mass is 10.1. The smallest absolute Gasteiger partial charge is 0.348 e. The summed E-state index contributed by atoms with van der Waals surface area (Å²) in [5.74, 6) is 0.275. The standard InChI is InChI=1S/C16H10O6/c1-20-11-5-8(18)6-12-14(11)15-13(16(19)22-12)9-3-2-7(17)4-10(9)21-15/h2-6,17-18H,1H3. The number of phenols is 2. The fraction of sp³-hybridized carbons (Fsp3) is 0.0625. The number of benzene rings is 2. The van der Waals surface area contributed by atoms with Crippen LogP contribution in [0.25, 0.3) is 32.9 Å². The van der Waals surface area contributed by atoms with Crippen LogP contribution in [-0.4, -0.2) is 17.3 Å². The molecule has 0 spiro atoms. The fourth-order valence-corrected chi connectivity index (χ4v) is 2.66. The van der Waals surface area contributed by atoms with E-state index in [1.165, 1.54) is 31.4 Å². The van der Waals surface area contributed by atoms with Crippen molar-refractivity contribution in [1.29, 1.82) is 0 Å². The Balaban J connectivity index is 2.33. The molecule has 4 aromatic rings. The SMILES string of the molecule is COc1cc(O)cc2oc(=O)c3c4ccc(O)cc4oc3c12. The molecule has 0 radical (unpaired) electrons. The number of hydrogen-bond donors (Lipinski definition) is 2. The predicted molar refractivity (Wildman–Crippen MR) is 79.6 cm³/mol. The van der Waals surface area contributed by atoms with Gasteiger partial charge >= 0.3 is 5.63 Å². The normalized spacial score (nSPS) is 11.5. The van der Waals surface area contributed by atoms with Gasteiger partial charge in [-0.2, -0.15) is 0 Å². The highest BCUT2D eigenvalue weighted by atomic mass is 16.5. The summed E-state index contributed by atoms with van der Waals surface area (Å²) in [5, 5.41) is 20.5. The average Bonchev–Trinajstić information content (AvgIpc) is 2.84. The molecule has 2 N–H and O–H groups in total. The van der Waals surface area contributed by atoms with Crippen LogP contribution >= 0.6 is 0 Å². The Labute approximate surface area is 122 Å². The summed E-state index contributed by atoms with van der Waals surface area (Å²) < 4.78 is 16.2. The van der Waals surface area contributed by atoms with E-state index >= 15 is 0 Å². The number of ether oxygens (including phenoxy) is 1. The first-order valence-electron chi connectivity index (χ1n) is 6.47. The third kappa shape index (κ3) is 1.57. The van der Waals surface area contributed by atoms with E-state index in [2.05, 4.69) is 0 Å². The maximum atomic E-state index is 12.3. The molecule has 2 aromatic carbocycles. The van der Waals surface area contributed by atoms with Gasteiger partial charge in [-0.25, -0.2) is 4.79 Å². The monoisotopic (exact) mass is 298 g/mol.